The molecule has 210 valence electrons. The highest BCUT2D eigenvalue weighted by atomic mass is 16.6. The first kappa shape index (κ1) is 27.2. The van der Waals surface area contributed by atoms with Crippen molar-refractivity contribution in [1.29, 1.82) is 0 Å². The van der Waals surface area contributed by atoms with Crippen molar-refractivity contribution in [3.63, 3.8) is 0 Å². The number of aliphatic imine (C=N–C) groups is 1. The van der Waals surface area contributed by atoms with Gasteiger partial charge < -0.3 is 25.4 Å². The summed E-state index contributed by atoms with van der Waals surface area (Å²) in [7, 11) is 0. The lowest BCUT2D eigenvalue weighted by Gasteiger charge is -2.34. The number of hydrogen-bond donors (Lipinski definition) is 3. The van der Waals surface area contributed by atoms with Gasteiger partial charge in [0, 0.05) is 24.3 Å². The van der Waals surface area contributed by atoms with Crippen molar-refractivity contribution in [2.45, 2.75) is 58.0 Å². The quantitative estimate of drug-likeness (QED) is 0.397. The molecule has 3 aromatic rings. The zero-order valence-electron chi connectivity index (χ0n) is 23.0. The third-order valence-corrected chi connectivity index (χ3v) is 6.76. The number of benzene rings is 2. The van der Waals surface area contributed by atoms with Crippen LogP contribution in [0.15, 0.2) is 59.6 Å². The second-order valence-corrected chi connectivity index (χ2v) is 10.9. The van der Waals surface area contributed by atoms with Gasteiger partial charge in [0.05, 0.1) is 17.9 Å². The van der Waals surface area contributed by atoms with Gasteiger partial charge in [0.1, 0.15) is 29.9 Å². The van der Waals surface area contributed by atoms with E-state index in [2.05, 4.69) is 15.6 Å². The summed E-state index contributed by atoms with van der Waals surface area (Å²) in [5.74, 6) is 0.805. The van der Waals surface area contributed by atoms with Crippen molar-refractivity contribution in [2.24, 2.45) is 10.7 Å². The van der Waals surface area contributed by atoms with Gasteiger partial charge in [-0.2, -0.15) is 5.10 Å². The molecule has 2 aliphatic heterocycles. The molecular weight excluding hydrogens is 510 g/mol. The van der Waals surface area contributed by atoms with Crippen LogP contribution in [0.25, 0.3) is 11.3 Å². The van der Waals surface area contributed by atoms with Crippen molar-refractivity contribution in [3.05, 3.63) is 65.7 Å². The number of likely N-dealkylation sites (tertiary alicyclic amines) is 1. The summed E-state index contributed by atoms with van der Waals surface area (Å²) < 4.78 is 12.8. The Morgan fingerprint density at radius 3 is 2.45 bits per heavy atom. The number of piperidine rings is 1. The number of nitrogens with one attached hydrogen (secondary N) is 2. The number of ether oxygens (including phenoxy) is 2. The molecule has 1 saturated heterocycles. The van der Waals surface area contributed by atoms with Gasteiger partial charge in [0.15, 0.2) is 0 Å². The van der Waals surface area contributed by atoms with Gasteiger partial charge in [-0.3, -0.25) is 10.3 Å². The van der Waals surface area contributed by atoms with E-state index in [0.717, 1.165) is 41.0 Å². The Morgan fingerprint density at radius 1 is 1.07 bits per heavy atom. The van der Waals surface area contributed by atoms with Gasteiger partial charge in [0.25, 0.3) is 0 Å². The van der Waals surface area contributed by atoms with Crippen LogP contribution in [0.2, 0.25) is 0 Å². The van der Waals surface area contributed by atoms with Crippen LogP contribution < -0.4 is 16.4 Å². The predicted octanol–water partition coefficient (Wildman–Crippen LogP) is 5.28. The molecule has 5 rings (SSSR count). The monoisotopic (exact) mass is 545 g/mol. The maximum absolute atomic E-state index is 12.5. The SMILES string of the molecule is CC(C)(C)OC(=O)N1CCC(n2nc(-c3ccc(NC(=O)OCc4ccccc4)cc3)c3c2NC=NC3N)CC1. The Balaban J connectivity index is 1.28. The number of rotatable bonds is 5. The number of hydrogen-bond acceptors (Lipinski definition) is 8. The summed E-state index contributed by atoms with van der Waals surface area (Å²) in [4.78, 5) is 30.9. The molecule has 11 nitrogen and oxygen atoms in total. The Kier molecular flexibility index (Phi) is 7.74. The molecule has 0 aliphatic carbocycles. The molecule has 1 fully saturated rings. The molecule has 2 aromatic carbocycles. The second kappa shape index (κ2) is 11.4. The number of amides is 2. The first-order valence-electron chi connectivity index (χ1n) is 13.4. The van der Waals surface area contributed by atoms with Crippen LogP contribution in [0.5, 0.6) is 0 Å². The van der Waals surface area contributed by atoms with Crippen LogP contribution in [0.1, 0.15) is 56.9 Å². The molecule has 4 N–H and O–H groups in total. The Labute approximate surface area is 233 Å². The molecule has 0 bridgehead atoms. The molecule has 2 aliphatic rings. The van der Waals surface area contributed by atoms with Gasteiger partial charge in [-0.25, -0.2) is 14.3 Å². The van der Waals surface area contributed by atoms with Crippen LogP contribution in [-0.4, -0.2) is 51.9 Å². The fourth-order valence-electron chi connectivity index (χ4n) is 4.81. The van der Waals surface area contributed by atoms with Crippen molar-refractivity contribution in [1.82, 2.24) is 14.7 Å². The number of aromatic nitrogens is 2. The molecule has 2 amide bonds. The minimum absolute atomic E-state index is 0.0766. The van der Waals surface area contributed by atoms with Crippen molar-refractivity contribution >= 4 is 30.0 Å². The van der Waals surface area contributed by atoms with Gasteiger partial charge >= 0.3 is 12.2 Å². The normalized spacial score (nSPS) is 17.1. The van der Waals surface area contributed by atoms with E-state index in [0.29, 0.717) is 18.8 Å². The third-order valence-electron chi connectivity index (χ3n) is 6.76. The molecule has 0 saturated carbocycles. The summed E-state index contributed by atoms with van der Waals surface area (Å²) in [6.45, 7) is 6.94. The summed E-state index contributed by atoms with van der Waals surface area (Å²) in [5.41, 5.74) is 9.75. The first-order chi connectivity index (χ1) is 19.2. The Morgan fingerprint density at radius 2 is 1.77 bits per heavy atom. The fourth-order valence-corrected chi connectivity index (χ4v) is 4.81. The second-order valence-electron chi connectivity index (χ2n) is 10.9. The zero-order chi connectivity index (χ0) is 28.3. The van der Waals surface area contributed by atoms with E-state index < -0.39 is 17.9 Å². The predicted molar refractivity (Wildman–Crippen MR) is 153 cm³/mol. The number of carbonyl (C=O) groups excluding carboxylic acids is 2. The lowest BCUT2D eigenvalue weighted by molar-refractivity contribution is 0.0185. The zero-order valence-corrected chi connectivity index (χ0v) is 23.0. The number of nitrogens with zero attached hydrogens (tertiary/aromatic N) is 4. The maximum atomic E-state index is 12.5. The lowest BCUT2D eigenvalue weighted by Crippen LogP contribution is -2.42. The smallest absolute Gasteiger partial charge is 0.411 e. The molecular formula is C29H35N7O4. The minimum Gasteiger partial charge on any atom is -0.444 e. The molecule has 1 atom stereocenters. The Hall–Kier alpha value is -4.38. The standard InChI is InChI=1S/C29H35N7O4/c1-29(2,3)40-28(38)35-15-13-22(14-16-35)36-26-23(25(30)31-18-32-26)24(34-36)20-9-11-21(12-10-20)33-27(37)39-17-19-7-5-4-6-8-19/h4-12,18,22,25H,13-17,30H2,1-3H3,(H,31,32)(H,33,37). The third kappa shape index (κ3) is 6.26. The molecule has 1 unspecified atom stereocenters. The number of fused-ring (bicyclic) bond motifs is 1. The summed E-state index contributed by atoms with van der Waals surface area (Å²) in [6, 6.07) is 17.0. The lowest BCUT2D eigenvalue weighted by atomic mass is 10.0. The van der Waals surface area contributed by atoms with Crippen LogP contribution in [0, 0.1) is 0 Å². The number of nitrogens with two attached hydrogens (primary N) is 1. The van der Waals surface area contributed by atoms with Crippen LogP contribution in [0.3, 0.4) is 0 Å². The van der Waals surface area contributed by atoms with E-state index in [-0.39, 0.29) is 18.7 Å². The number of carbonyl (C=O) groups is 2. The van der Waals surface area contributed by atoms with E-state index in [9.17, 15) is 9.59 Å². The summed E-state index contributed by atoms with van der Waals surface area (Å²) >= 11 is 0. The molecule has 40 heavy (non-hydrogen) atoms. The summed E-state index contributed by atoms with van der Waals surface area (Å²) in [6.07, 6.45) is 1.67. The van der Waals surface area contributed by atoms with Crippen molar-refractivity contribution < 1.29 is 19.1 Å². The molecule has 1 aromatic heterocycles. The Bertz CT molecular complexity index is 1370. The topological polar surface area (TPSA) is 136 Å². The van der Waals surface area contributed by atoms with Crippen molar-refractivity contribution in [2.75, 3.05) is 23.7 Å². The average Bonchev–Trinajstić information content (AvgIpc) is 3.33. The summed E-state index contributed by atoms with van der Waals surface area (Å²) in [5, 5.41) is 11.0. The molecule has 3 heterocycles. The highest BCUT2D eigenvalue weighted by Crippen LogP contribution is 2.39. The number of anilines is 2. The van der Waals surface area contributed by atoms with Crippen LogP contribution >= 0.6 is 0 Å². The highest BCUT2D eigenvalue weighted by Gasteiger charge is 2.32. The van der Waals surface area contributed by atoms with Crippen LogP contribution in [-0.2, 0) is 16.1 Å². The fraction of sp³-hybridized carbons (Fsp3) is 0.379. The largest absolute Gasteiger partial charge is 0.444 e. The molecule has 0 spiro atoms. The highest BCUT2D eigenvalue weighted by molar-refractivity contribution is 5.86. The van der Waals surface area contributed by atoms with E-state index >= 15 is 0 Å². The van der Waals surface area contributed by atoms with E-state index in [1.54, 1.807) is 23.4 Å². The van der Waals surface area contributed by atoms with Crippen LogP contribution in [0.4, 0.5) is 21.1 Å². The van der Waals surface area contributed by atoms with E-state index in [1.807, 2.05) is 67.9 Å². The first-order valence-corrected chi connectivity index (χ1v) is 13.4. The van der Waals surface area contributed by atoms with Gasteiger partial charge in [-0.15, -0.1) is 0 Å². The van der Waals surface area contributed by atoms with E-state index in [4.69, 9.17) is 20.3 Å². The molecule has 0 radical (unpaired) electrons. The van der Waals surface area contributed by atoms with Crippen molar-refractivity contribution in [3.8, 4) is 11.3 Å². The molecule has 11 heteroatoms. The average molecular weight is 546 g/mol. The van der Waals surface area contributed by atoms with E-state index in [1.165, 1.54) is 0 Å². The van der Waals surface area contributed by atoms with Gasteiger partial charge in [0.2, 0.25) is 0 Å². The van der Waals surface area contributed by atoms with Gasteiger partial charge in [-0.05, 0) is 51.3 Å². The maximum Gasteiger partial charge on any atom is 0.411 e. The van der Waals surface area contributed by atoms with Gasteiger partial charge in [-0.1, -0.05) is 42.5 Å². The minimum atomic E-state index is -0.562.